The van der Waals surface area contributed by atoms with E-state index in [-0.39, 0.29) is 17.9 Å². The van der Waals surface area contributed by atoms with Crippen LogP contribution in [0.1, 0.15) is 24.1 Å². The summed E-state index contributed by atoms with van der Waals surface area (Å²) in [7, 11) is 1.55. The first kappa shape index (κ1) is 18.7. The zero-order chi connectivity index (χ0) is 19.6. The van der Waals surface area contributed by atoms with Gasteiger partial charge in [0.1, 0.15) is 11.5 Å². The van der Waals surface area contributed by atoms with E-state index in [0.717, 1.165) is 0 Å². The molecular formula is C21H21NO5. The second kappa shape index (κ2) is 7.63. The number of methoxy groups -OCH3 is 1. The molecule has 2 unspecified atom stereocenters. The number of nitrogens with zero attached hydrogens (tertiary/aromatic N) is 1. The number of aliphatic hydroxyl groups excluding tert-OH is 2. The first-order valence-electron chi connectivity index (χ1n) is 8.60. The number of amides is 1. The molecule has 1 aliphatic heterocycles. The van der Waals surface area contributed by atoms with E-state index >= 15 is 0 Å². The maximum Gasteiger partial charge on any atom is 0.295 e. The van der Waals surface area contributed by atoms with Gasteiger partial charge in [0.2, 0.25) is 0 Å². The molecule has 1 amide bonds. The summed E-state index contributed by atoms with van der Waals surface area (Å²) in [6.07, 6.45) is -0.819. The third-order valence-electron chi connectivity index (χ3n) is 4.48. The molecule has 3 rings (SSSR count). The van der Waals surface area contributed by atoms with Crippen LogP contribution in [0.25, 0.3) is 5.76 Å². The fourth-order valence-corrected chi connectivity index (χ4v) is 3.24. The fourth-order valence-electron chi connectivity index (χ4n) is 3.24. The van der Waals surface area contributed by atoms with Crippen molar-refractivity contribution >= 4 is 17.4 Å². The Morgan fingerprint density at radius 3 is 2.30 bits per heavy atom. The molecule has 27 heavy (non-hydrogen) atoms. The molecule has 2 aromatic carbocycles. The zero-order valence-corrected chi connectivity index (χ0v) is 15.1. The summed E-state index contributed by atoms with van der Waals surface area (Å²) in [4.78, 5) is 26.6. The maximum absolute atomic E-state index is 12.7. The standard InChI is InChI=1S/C21H21NO5/c1-13(23)12-22-18(14-8-10-16(27-2)11-9-14)17(20(25)21(22)26)19(24)15-6-4-3-5-7-15/h3-11,13,18,23-24H,12H2,1-2H3/b19-17+. The van der Waals surface area contributed by atoms with Crippen LogP contribution in [0.4, 0.5) is 0 Å². The highest BCUT2D eigenvalue weighted by Gasteiger charge is 2.46. The number of hydrogen-bond donors (Lipinski definition) is 2. The van der Waals surface area contributed by atoms with Crippen LogP contribution in [0, 0.1) is 0 Å². The number of ketones is 1. The Morgan fingerprint density at radius 2 is 1.74 bits per heavy atom. The predicted molar refractivity (Wildman–Crippen MR) is 100 cm³/mol. The summed E-state index contributed by atoms with van der Waals surface area (Å²) in [5.74, 6) is -1.11. The Morgan fingerprint density at radius 1 is 1.11 bits per heavy atom. The molecule has 0 aromatic heterocycles. The molecular weight excluding hydrogens is 346 g/mol. The van der Waals surface area contributed by atoms with E-state index in [1.54, 1.807) is 68.6 Å². The predicted octanol–water partition coefficient (Wildman–Crippen LogP) is 2.50. The van der Waals surface area contributed by atoms with Gasteiger partial charge in [0.15, 0.2) is 0 Å². The topological polar surface area (TPSA) is 87.1 Å². The van der Waals surface area contributed by atoms with Crippen LogP contribution in [-0.4, -0.2) is 46.6 Å². The lowest BCUT2D eigenvalue weighted by molar-refractivity contribution is -0.140. The number of carbonyl (C=O) groups is 2. The molecule has 1 aliphatic rings. The second-order valence-corrected chi connectivity index (χ2v) is 6.44. The third-order valence-corrected chi connectivity index (χ3v) is 4.48. The molecule has 1 heterocycles. The minimum atomic E-state index is -0.819. The first-order chi connectivity index (χ1) is 12.9. The number of aliphatic hydroxyl groups is 2. The lowest BCUT2D eigenvalue weighted by Crippen LogP contribution is -2.35. The Balaban J connectivity index is 2.16. The minimum Gasteiger partial charge on any atom is -0.507 e. The van der Waals surface area contributed by atoms with Gasteiger partial charge in [0.05, 0.1) is 24.8 Å². The molecule has 2 aromatic rings. The smallest absolute Gasteiger partial charge is 0.295 e. The van der Waals surface area contributed by atoms with Crippen molar-refractivity contribution in [2.24, 2.45) is 0 Å². The maximum atomic E-state index is 12.7. The molecule has 6 nitrogen and oxygen atoms in total. The van der Waals surface area contributed by atoms with Crippen LogP contribution in [-0.2, 0) is 9.59 Å². The van der Waals surface area contributed by atoms with Gasteiger partial charge in [-0.1, -0.05) is 42.5 Å². The molecule has 0 radical (unpaired) electrons. The molecule has 2 N–H and O–H groups in total. The van der Waals surface area contributed by atoms with Crippen molar-refractivity contribution < 1.29 is 24.5 Å². The zero-order valence-electron chi connectivity index (χ0n) is 15.1. The average Bonchev–Trinajstić information content (AvgIpc) is 2.92. The Bertz CT molecular complexity index is 871. The summed E-state index contributed by atoms with van der Waals surface area (Å²) in [5, 5.41) is 20.6. The van der Waals surface area contributed by atoms with Crippen LogP contribution in [0.3, 0.4) is 0 Å². The summed E-state index contributed by atoms with van der Waals surface area (Å²) >= 11 is 0. The van der Waals surface area contributed by atoms with E-state index < -0.39 is 23.8 Å². The van der Waals surface area contributed by atoms with Gasteiger partial charge in [0, 0.05) is 12.1 Å². The van der Waals surface area contributed by atoms with E-state index in [1.165, 1.54) is 4.90 Å². The van der Waals surface area contributed by atoms with Crippen LogP contribution in [0.5, 0.6) is 5.75 Å². The van der Waals surface area contributed by atoms with Crippen LogP contribution >= 0.6 is 0 Å². The number of carbonyl (C=O) groups excluding carboxylic acids is 2. The van der Waals surface area contributed by atoms with Gasteiger partial charge in [-0.3, -0.25) is 9.59 Å². The number of hydrogen-bond acceptors (Lipinski definition) is 5. The number of rotatable bonds is 5. The number of Topliss-reactive ketones (excluding diaryl/α,β-unsaturated/α-hetero) is 1. The highest BCUT2D eigenvalue weighted by Crippen LogP contribution is 2.39. The van der Waals surface area contributed by atoms with Gasteiger partial charge in [0.25, 0.3) is 11.7 Å². The number of ether oxygens (including phenoxy) is 1. The largest absolute Gasteiger partial charge is 0.507 e. The van der Waals surface area contributed by atoms with Crippen molar-refractivity contribution in [2.45, 2.75) is 19.1 Å². The van der Waals surface area contributed by atoms with Gasteiger partial charge in [-0.05, 0) is 24.6 Å². The highest BCUT2D eigenvalue weighted by atomic mass is 16.5. The van der Waals surface area contributed by atoms with Crippen LogP contribution in [0.15, 0.2) is 60.2 Å². The summed E-state index contributed by atoms with van der Waals surface area (Å²) in [5.41, 5.74) is 1.11. The van der Waals surface area contributed by atoms with Crippen LogP contribution in [0.2, 0.25) is 0 Å². The van der Waals surface area contributed by atoms with Gasteiger partial charge in [-0.25, -0.2) is 0 Å². The first-order valence-corrected chi connectivity index (χ1v) is 8.60. The van der Waals surface area contributed by atoms with Gasteiger partial charge < -0.3 is 19.8 Å². The van der Waals surface area contributed by atoms with Crippen molar-refractivity contribution in [1.29, 1.82) is 0 Å². The molecule has 0 aliphatic carbocycles. The molecule has 1 saturated heterocycles. The monoisotopic (exact) mass is 367 g/mol. The van der Waals surface area contributed by atoms with Gasteiger partial charge in [-0.2, -0.15) is 0 Å². The molecule has 140 valence electrons. The highest BCUT2D eigenvalue weighted by molar-refractivity contribution is 6.46. The van der Waals surface area contributed by atoms with E-state index in [2.05, 4.69) is 0 Å². The van der Waals surface area contributed by atoms with E-state index in [1.807, 2.05) is 0 Å². The SMILES string of the molecule is COc1ccc(C2/C(=C(\O)c3ccccc3)C(=O)C(=O)N2CC(C)O)cc1. The molecule has 0 spiro atoms. The quantitative estimate of drug-likeness (QED) is 0.482. The minimum absolute atomic E-state index is 0.0111. The lowest BCUT2D eigenvalue weighted by atomic mass is 9.95. The summed E-state index contributed by atoms with van der Waals surface area (Å²) in [6.45, 7) is 1.52. The van der Waals surface area contributed by atoms with E-state index in [0.29, 0.717) is 16.9 Å². The molecule has 0 bridgehead atoms. The van der Waals surface area contributed by atoms with Gasteiger partial charge >= 0.3 is 0 Å². The summed E-state index contributed by atoms with van der Waals surface area (Å²) < 4.78 is 5.16. The molecule has 0 saturated carbocycles. The van der Waals surface area contributed by atoms with E-state index in [9.17, 15) is 19.8 Å². The molecule has 6 heteroatoms. The van der Waals surface area contributed by atoms with Crippen molar-refractivity contribution in [3.63, 3.8) is 0 Å². The Hall–Kier alpha value is -3.12. The normalized spacial score (nSPS) is 20.0. The van der Waals surface area contributed by atoms with Crippen molar-refractivity contribution in [3.8, 4) is 5.75 Å². The third kappa shape index (κ3) is 3.57. The Kier molecular flexibility index (Phi) is 5.28. The number of likely N-dealkylation sites (tertiary alicyclic amines) is 1. The van der Waals surface area contributed by atoms with Crippen molar-refractivity contribution in [2.75, 3.05) is 13.7 Å². The second-order valence-electron chi connectivity index (χ2n) is 6.44. The lowest BCUT2D eigenvalue weighted by Gasteiger charge is -2.26. The molecule has 1 fully saturated rings. The molecule has 2 atom stereocenters. The van der Waals surface area contributed by atoms with Crippen LogP contribution < -0.4 is 4.74 Å². The van der Waals surface area contributed by atoms with E-state index in [4.69, 9.17) is 4.74 Å². The summed E-state index contributed by atoms with van der Waals surface area (Å²) in [6, 6.07) is 14.7. The Labute approximate surface area is 157 Å². The van der Waals surface area contributed by atoms with Crippen molar-refractivity contribution in [3.05, 3.63) is 71.3 Å². The average molecular weight is 367 g/mol. The van der Waals surface area contributed by atoms with Crippen molar-refractivity contribution in [1.82, 2.24) is 4.90 Å². The fraction of sp³-hybridized carbons (Fsp3) is 0.238. The number of β-amino-alcohol motifs (C(OH)–C–C–N with tert-alkyl or cyclic N) is 1. The number of benzene rings is 2. The van der Waals surface area contributed by atoms with Gasteiger partial charge in [-0.15, -0.1) is 0 Å².